The van der Waals surface area contributed by atoms with Crippen molar-refractivity contribution in [1.29, 1.82) is 0 Å². The lowest BCUT2D eigenvalue weighted by atomic mass is 10.1. The topological polar surface area (TPSA) is 67.1 Å². The van der Waals surface area contributed by atoms with Crippen molar-refractivity contribution in [2.45, 2.75) is 32.4 Å². The van der Waals surface area contributed by atoms with Gasteiger partial charge in [-0.25, -0.2) is 9.78 Å². The Morgan fingerprint density at radius 3 is 3.00 bits per heavy atom. The third-order valence-electron chi connectivity index (χ3n) is 2.27. The molecule has 0 aromatic carbocycles. The Bertz CT molecular complexity index is 322. The highest BCUT2D eigenvalue weighted by Crippen LogP contribution is 2.16. The molecule has 5 nitrogen and oxygen atoms in total. The first-order valence-electron chi connectivity index (χ1n) is 5.09. The maximum atomic E-state index is 11.1. The number of aromatic nitrogens is 2. The second kappa shape index (κ2) is 5.50. The Hall–Kier alpha value is -1.36. The summed E-state index contributed by atoms with van der Waals surface area (Å²) in [6.45, 7) is 2.56. The molecule has 15 heavy (non-hydrogen) atoms. The fourth-order valence-electron chi connectivity index (χ4n) is 1.58. The largest absolute Gasteiger partial charge is 0.480 e. The van der Waals surface area contributed by atoms with Crippen molar-refractivity contribution in [3.8, 4) is 0 Å². The van der Waals surface area contributed by atoms with Crippen LogP contribution in [0.25, 0.3) is 0 Å². The molecule has 1 heterocycles. The van der Waals surface area contributed by atoms with E-state index >= 15 is 0 Å². The summed E-state index contributed by atoms with van der Waals surface area (Å²) in [5.74, 6) is -0.0365. The summed E-state index contributed by atoms with van der Waals surface area (Å²) in [5, 5.41) is 12.1. The molecule has 0 saturated heterocycles. The number of carbonyl (C=O) groups is 1. The maximum Gasteiger partial charge on any atom is 0.326 e. The van der Waals surface area contributed by atoms with Crippen molar-refractivity contribution >= 4 is 5.97 Å². The number of imidazole rings is 1. The van der Waals surface area contributed by atoms with Crippen molar-refractivity contribution in [3.63, 3.8) is 0 Å². The minimum absolute atomic E-state index is 0.499. The van der Waals surface area contributed by atoms with Gasteiger partial charge in [0.2, 0.25) is 0 Å². The summed E-state index contributed by atoms with van der Waals surface area (Å²) in [6, 6.07) is -0.499. The molecule has 0 aliphatic carbocycles. The lowest BCUT2D eigenvalue weighted by molar-refractivity contribution is -0.141. The van der Waals surface area contributed by atoms with Crippen molar-refractivity contribution in [3.05, 3.63) is 18.2 Å². The van der Waals surface area contributed by atoms with Crippen LogP contribution < -0.4 is 5.32 Å². The summed E-state index contributed by atoms with van der Waals surface area (Å²) in [6.07, 6.45) is 4.83. The zero-order valence-electron chi connectivity index (χ0n) is 9.10. The molecule has 1 aromatic heterocycles. The van der Waals surface area contributed by atoms with Gasteiger partial charge in [0.15, 0.2) is 0 Å². The van der Waals surface area contributed by atoms with E-state index in [0.717, 1.165) is 12.2 Å². The highest BCUT2D eigenvalue weighted by Gasteiger charge is 2.20. The SMILES string of the molecule is CCCC(C(=O)O)n1ccnc1CNC. The van der Waals surface area contributed by atoms with Crippen molar-refractivity contribution in [2.75, 3.05) is 7.05 Å². The summed E-state index contributed by atoms with van der Waals surface area (Å²) >= 11 is 0. The molecule has 0 amide bonds. The molecular weight excluding hydrogens is 194 g/mol. The van der Waals surface area contributed by atoms with Gasteiger partial charge in [0.25, 0.3) is 0 Å². The van der Waals surface area contributed by atoms with Gasteiger partial charge in [-0.1, -0.05) is 13.3 Å². The molecule has 1 rings (SSSR count). The summed E-state index contributed by atoms with van der Waals surface area (Å²) in [7, 11) is 1.81. The highest BCUT2D eigenvalue weighted by molar-refractivity contribution is 5.71. The summed E-state index contributed by atoms with van der Waals surface area (Å²) in [4.78, 5) is 15.2. The van der Waals surface area contributed by atoms with E-state index in [1.54, 1.807) is 17.0 Å². The fourth-order valence-corrected chi connectivity index (χ4v) is 1.58. The second-order valence-corrected chi connectivity index (χ2v) is 3.42. The standard InChI is InChI=1S/C10H17N3O2/c1-3-4-8(10(14)15)13-6-5-12-9(13)7-11-2/h5-6,8,11H,3-4,7H2,1-2H3,(H,14,15). The van der Waals surface area contributed by atoms with Crippen LogP contribution in [0.4, 0.5) is 0 Å². The zero-order valence-corrected chi connectivity index (χ0v) is 9.10. The quantitative estimate of drug-likeness (QED) is 0.737. The first-order chi connectivity index (χ1) is 7.20. The van der Waals surface area contributed by atoms with Crippen molar-refractivity contribution in [2.24, 2.45) is 0 Å². The Balaban J connectivity index is 2.89. The molecule has 1 unspecified atom stereocenters. The number of nitrogens with one attached hydrogen (secondary N) is 1. The van der Waals surface area contributed by atoms with Gasteiger partial charge < -0.3 is 15.0 Å². The number of rotatable bonds is 6. The third-order valence-corrected chi connectivity index (χ3v) is 2.27. The Morgan fingerprint density at radius 1 is 1.73 bits per heavy atom. The number of carboxylic acids is 1. The average Bonchev–Trinajstić information content (AvgIpc) is 2.62. The normalized spacial score (nSPS) is 12.7. The molecular formula is C10H17N3O2. The summed E-state index contributed by atoms with van der Waals surface area (Å²) in [5.41, 5.74) is 0. The number of aliphatic carboxylic acids is 1. The monoisotopic (exact) mass is 211 g/mol. The third kappa shape index (κ3) is 2.79. The van der Waals surface area contributed by atoms with E-state index in [9.17, 15) is 4.79 Å². The van der Waals surface area contributed by atoms with Crippen LogP contribution in [0.1, 0.15) is 31.6 Å². The minimum Gasteiger partial charge on any atom is -0.480 e. The van der Waals surface area contributed by atoms with Crippen LogP contribution in [-0.4, -0.2) is 27.7 Å². The van der Waals surface area contributed by atoms with Crippen LogP contribution in [-0.2, 0) is 11.3 Å². The average molecular weight is 211 g/mol. The van der Waals surface area contributed by atoms with Crippen LogP contribution in [0.2, 0.25) is 0 Å². The molecule has 0 aliphatic heterocycles. The van der Waals surface area contributed by atoms with Crippen LogP contribution in [0.3, 0.4) is 0 Å². The Labute approximate surface area is 89.1 Å². The number of nitrogens with zero attached hydrogens (tertiary/aromatic N) is 2. The predicted molar refractivity (Wildman–Crippen MR) is 56.6 cm³/mol. The molecule has 0 bridgehead atoms. The van der Waals surface area contributed by atoms with Gasteiger partial charge in [-0.3, -0.25) is 0 Å². The molecule has 0 aliphatic rings. The van der Waals surface area contributed by atoms with Gasteiger partial charge in [-0.2, -0.15) is 0 Å². The maximum absolute atomic E-state index is 11.1. The fraction of sp³-hybridized carbons (Fsp3) is 0.600. The molecule has 0 fully saturated rings. The van der Waals surface area contributed by atoms with E-state index in [0.29, 0.717) is 13.0 Å². The van der Waals surface area contributed by atoms with E-state index in [-0.39, 0.29) is 0 Å². The van der Waals surface area contributed by atoms with Gasteiger partial charge in [-0.05, 0) is 13.5 Å². The minimum atomic E-state index is -0.799. The van der Waals surface area contributed by atoms with Crippen molar-refractivity contribution in [1.82, 2.24) is 14.9 Å². The lowest BCUT2D eigenvalue weighted by Gasteiger charge is -2.15. The van der Waals surface area contributed by atoms with Gasteiger partial charge in [0.1, 0.15) is 11.9 Å². The molecule has 84 valence electrons. The van der Waals surface area contributed by atoms with E-state index in [1.807, 2.05) is 14.0 Å². The van der Waals surface area contributed by atoms with Crippen LogP contribution in [0.15, 0.2) is 12.4 Å². The van der Waals surface area contributed by atoms with E-state index < -0.39 is 12.0 Å². The van der Waals surface area contributed by atoms with Crippen LogP contribution in [0.5, 0.6) is 0 Å². The smallest absolute Gasteiger partial charge is 0.326 e. The Morgan fingerprint density at radius 2 is 2.47 bits per heavy atom. The molecule has 0 radical (unpaired) electrons. The molecule has 1 aromatic rings. The van der Waals surface area contributed by atoms with Gasteiger partial charge >= 0.3 is 5.97 Å². The lowest BCUT2D eigenvalue weighted by Crippen LogP contribution is -2.22. The molecule has 1 atom stereocenters. The van der Waals surface area contributed by atoms with Crippen LogP contribution >= 0.6 is 0 Å². The molecule has 5 heteroatoms. The first kappa shape index (κ1) is 11.7. The van der Waals surface area contributed by atoms with Gasteiger partial charge in [-0.15, -0.1) is 0 Å². The highest BCUT2D eigenvalue weighted by atomic mass is 16.4. The zero-order chi connectivity index (χ0) is 11.3. The van der Waals surface area contributed by atoms with E-state index in [4.69, 9.17) is 5.11 Å². The van der Waals surface area contributed by atoms with Crippen LogP contribution in [0, 0.1) is 0 Å². The summed E-state index contributed by atoms with van der Waals surface area (Å²) < 4.78 is 1.72. The van der Waals surface area contributed by atoms with Gasteiger partial charge in [0.05, 0.1) is 6.54 Å². The van der Waals surface area contributed by atoms with Gasteiger partial charge in [0, 0.05) is 12.4 Å². The number of hydrogen-bond donors (Lipinski definition) is 2. The second-order valence-electron chi connectivity index (χ2n) is 3.42. The molecule has 0 saturated carbocycles. The molecule has 2 N–H and O–H groups in total. The first-order valence-corrected chi connectivity index (χ1v) is 5.09. The number of hydrogen-bond acceptors (Lipinski definition) is 3. The number of carboxylic acid groups (broad SMARTS) is 1. The predicted octanol–water partition coefficient (Wildman–Crippen LogP) is 1.03. The van der Waals surface area contributed by atoms with E-state index in [2.05, 4.69) is 10.3 Å². The Kier molecular flexibility index (Phi) is 4.30. The van der Waals surface area contributed by atoms with Crippen molar-refractivity contribution < 1.29 is 9.90 Å². The molecule has 0 spiro atoms. The van der Waals surface area contributed by atoms with E-state index in [1.165, 1.54) is 0 Å².